The Balaban J connectivity index is 1.46. The van der Waals surface area contributed by atoms with Gasteiger partial charge in [0.05, 0.1) is 12.1 Å². The molecule has 1 aromatic heterocycles. The molecular weight excluding hydrogens is 316 g/mol. The number of benzene rings is 1. The Kier molecular flexibility index (Phi) is 4.04. The van der Waals surface area contributed by atoms with Crippen LogP contribution in [0.2, 0.25) is 0 Å². The number of carbonyl (C=O) groups excluding carboxylic acids is 1. The smallest absolute Gasteiger partial charge is 0.275 e. The lowest BCUT2D eigenvalue weighted by Crippen LogP contribution is -2.59. The van der Waals surface area contributed by atoms with E-state index in [0.717, 1.165) is 50.2 Å². The van der Waals surface area contributed by atoms with Crippen molar-refractivity contribution in [3.8, 4) is 0 Å². The van der Waals surface area contributed by atoms with Crippen molar-refractivity contribution in [2.75, 3.05) is 39.9 Å². The minimum absolute atomic E-state index is 0.0540. The highest BCUT2D eigenvalue weighted by atomic mass is 16.5. The standard InChI is InChI=1S/C19H26N4O2/c1-4-25-10-14-9-19(11-21(14)2)12-23(13-19)18(24)17-15-7-5-6-8-16(15)22(3)20-17/h5-8,14H,4,9-13H2,1-3H3. The number of likely N-dealkylation sites (N-methyl/N-ethyl adjacent to an activating group) is 1. The Morgan fingerprint density at radius 3 is 2.80 bits per heavy atom. The summed E-state index contributed by atoms with van der Waals surface area (Å²) in [6.07, 6.45) is 1.11. The van der Waals surface area contributed by atoms with Crippen molar-refractivity contribution in [1.82, 2.24) is 19.6 Å². The first-order valence-corrected chi connectivity index (χ1v) is 9.02. The monoisotopic (exact) mass is 342 g/mol. The van der Waals surface area contributed by atoms with Crippen LogP contribution in [0.25, 0.3) is 10.9 Å². The number of amides is 1. The highest BCUT2D eigenvalue weighted by molar-refractivity contribution is 6.05. The van der Waals surface area contributed by atoms with E-state index in [2.05, 4.69) is 17.0 Å². The Morgan fingerprint density at radius 2 is 2.04 bits per heavy atom. The van der Waals surface area contributed by atoms with E-state index < -0.39 is 0 Å². The van der Waals surface area contributed by atoms with E-state index in [0.29, 0.717) is 11.7 Å². The SMILES string of the molecule is CCOCC1CC2(CN(C(=O)c3nn(C)c4ccccc34)C2)CN1C. The van der Waals surface area contributed by atoms with Gasteiger partial charge in [-0.25, -0.2) is 0 Å². The lowest BCUT2D eigenvalue weighted by Gasteiger charge is -2.47. The highest BCUT2D eigenvalue weighted by Crippen LogP contribution is 2.42. The maximum atomic E-state index is 12.9. The van der Waals surface area contributed by atoms with Gasteiger partial charge < -0.3 is 14.5 Å². The number of likely N-dealkylation sites (tertiary alicyclic amines) is 2. The van der Waals surface area contributed by atoms with Crippen LogP contribution in [0.4, 0.5) is 0 Å². The maximum absolute atomic E-state index is 12.9. The van der Waals surface area contributed by atoms with Gasteiger partial charge in [-0.1, -0.05) is 18.2 Å². The fourth-order valence-corrected chi connectivity index (χ4v) is 4.48. The molecule has 2 aliphatic heterocycles. The highest BCUT2D eigenvalue weighted by Gasteiger charge is 2.52. The largest absolute Gasteiger partial charge is 0.380 e. The number of aryl methyl sites for hydroxylation is 1. The summed E-state index contributed by atoms with van der Waals surface area (Å²) in [7, 11) is 4.05. The molecule has 6 heteroatoms. The predicted molar refractivity (Wildman–Crippen MR) is 96.6 cm³/mol. The van der Waals surface area contributed by atoms with Gasteiger partial charge >= 0.3 is 0 Å². The van der Waals surface area contributed by atoms with Crippen LogP contribution in [-0.4, -0.2) is 71.4 Å². The second-order valence-corrected chi connectivity index (χ2v) is 7.58. The summed E-state index contributed by atoms with van der Waals surface area (Å²) in [5, 5.41) is 5.41. The molecule has 0 aliphatic carbocycles. The van der Waals surface area contributed by atoms with Gasteiger partial charge in [0, 0.05) is 50.1 Å². The zero-order chi connectivity index (χ0) is 17.6. The molecule has 1 aromatic carbocycles. The van der Waals surface area contributed by atoms with Crippen LogP contribution in [-0.2, 0) is 11.8 Å². The van der Waals surface area contributed by atoms with E-state index in [1.807, 2.05) is 43.1 Å². The molecule has 2 fully saturated rings. The van der Waals surface area contributed by atoms with Crippen LogP contribution in [0.3, 0.4) is 0 Å². The fourth-order valence-electron chi connectivity index (χ4n) is 4.48. The molecule has 2 aliphatic rings. The van der Waals surface area contributed by atoms with Gasteiger partial charge in [-0.2, -0.15) is 5.10 Å². The van der Waals surface area contributed by atoms with Gasteiger partial charge in [-0.15, -0.1) is 0 Å². The van der Waals surface area contributed by atoms with Gasteiger partial charge in [0.1, 0.15) is 0 Å². The van der Waals surface area contributed by atoms with Crippen molar-refractivity contribution in [1.29, 1.82) is 0 Å². The third-order valence-electron chi connectivity index (χ3n) is 5.69. The van der Waals surface area contributed by atoms with Gasteiger partial charge in [-0.05, 0) is 26.5 Å². The third kappa shape index (κ3) is 2.73. The second-order valence-electron chi connectivity index (χ2n) is 7.58. The molecule has 134 valence electrons. The van der Waals surface area contributed by atoms with E-state index in [1.54, 1.807) is 4.68 Å². The first-order valence-electron chi connectivity index (χ1n) is 9.02. The number of aromatic nitrogens is 2. The number of hydrogen-bond donors (Lipinski definition) is 0. The first-order chi connectivity index (χ1) is 12.0. The molecule has 1 amide bonds. The lowest BCUT2D eigenvalue weighted by atomic mass is 9.77. The van der Waals surface area contributed by atoms with Crippen molar-refractivity contribution in [2.45, 2.75) is 19.4 Å². The summed E-state index contributed by atoms with van der Waals surface area (Å²) < 4.78 is 7.40. The molecule has 2 saturated heterocycles. The van der Waals surface area contributed by atoms with Gasteiger partial charge in [0.2, 0.25) is 0 Å². The van der Waals surface area contributed by atoms with Crippen LogP contribution in [0.15, 0.2) is 24.3 Å². The van der Waals surface area contributed by atoms with Crippen molar-refractivity contribution in [3.63, 3.8) is 0 Å². The molecule has 2 aromatic rings. The number of fused-ring (bicyclic) bond motifs is 1. The minimum atomic E-state index is 0.0540. The van der Waals surface area contributed by atoms with Gasteiger partial charge in [0.25, 0.3) is 5.91 Å². The molecule has 25 heavy (non-hydrogen) atoms. The number of para-hydroxylation sites is 1. The molecule has 3 heterocycles. The zero-order valence-electron chi connectivity index (χ0n) is 15.2. The lowest BCUT2D eigenvalue weighted by molar-refractivity contribution is 0.0107. The number of ether oxygens (including phenoxy) is 1. The summed E-state index contributed by atoms with van der Waals surface area (Å²) in [6, 6.07) is 8.38. The molecule has 0 N–H and O–H groups in total. The van der Waals surface area contributed by atoms with E-state index in [1.165, 1.54) is 0 Å². The Morgan fingerprint density at radius 1 is 1.28 bits per heavy atom. The molecule has 4 rings (SSSR count). The molecule has 1 spiro atoms. The number of nitrogens with zero attached hydrogens (tertiary/aromatic N) is 4. The van der Waals surface area contributed by atoms with E-state index in [9.17, 15) is 4.79 Å². The van der Waals surface area contributed by atoms with E-state index in [-0.39, 0.29) is 11.3 Å². The van der Waals surface area contributed by atoms with Gasteiger partial charge in [0.15, 0.2) is 5.69 Å². The van der Waals surface area contributed by atoms with Gasteiger partial charge in [-0.3, -0.25) is 9.48 Å². The maximum Gasteiger partial charge on any atom is 0.275 e. The third-order valence-corrected chi connectivity index (χ3v) is 5.69. The van der Waals surface area contributed by atoms with Crippen molar-refractivity contribution in [2.24, 2.45) is 12.5 Å². The van der Waals surface area contributed by atoms with Crippen LogP contribution in [0.5, 0.6) is 0 Å². The van der Waals surface area contributed by atoms with E-state index >= 15 is 0 Å². The number of hydrogen-bond acceptors (Lipinski definition) is 4. The summed E-state index contributed by atoms with van der Waals surface area (Å²) in [5.41, 5.74) is 1.81. The first kappa shape index (κ1) is 16.5. The minimum Gasteiger partial charge on any atom is -0.380 e. The predicted octanol–water partition coefficient (Wildman–Crippen LogP) is 1.76. The molecule has 1 atom stereocenters. The molecule has 0 saturated carbocycles. The molecule has 0 radical (unpaired) electrons. The summed E-state index contributed by atoms with van der Waals surface area (Å²) in [5.74, 6) is 0.0540. The molecular formula is C19H26N4O2. The van der Waals surface area contributed by atoms with Crippen LogP contribution < -0.4 is 0 Å². The Bertz CT molecular complexity index is 794. The molecule has 6 nitrogen and oxygen atoms in total. The Hall–Kier alpha value is -1.92. The number of carbonyl (C=O) groups is 1. The summed E-state index contributed by atoms with van der Waals surface area (Å²) in [6.45, 7) is 6.26. The van der Waals surface area contributed by atoms with Crippen molar-refractivity contribution in [3.05, 3.63) is 30.0 Å². The average molecular weight is 342 g/mol. The van der Waals surface area contributed by atoms with Crippen molar-refractivity contribution < 1.29 is 9.53 Å². The van der Waals surface area contributed by atoms with E-state index in [4.69, 9.17) is 4.74 Å². The zero-order valence-corrected chi connectivity index (χ0v) is 15.2. The van der Waals surface area contributed by atoms with Crippen LogP contribution >= 0.6 is 0 Å². The number of rotatable bonds is 4. The topological polar surface area (TPSA) is 50.6 Å². The normalized spacial score (nSPS) is 22.7. The van der Waals surface area contributed by atoms with Crippen LogP contribution in [0, 0.1) is 5.41 Å². The van der Waals surface area contributed by atoms with Crippen molar-refractivity contribution >= 4 is 16.8 Å². The fraction of sp³-hybridized carbons (Fsp3) is 0.579. The van der Waals surface area contributed by atoms with Crippen LogP contribution in [0.1, 0.15) is 23.8 Å². The summed E-state index contributed by atoms with van der Waals surface area (Å²) >= 11 is 0. The Labute approximate surface area is 148 Å². The average Bonchev–Trinajstić information content (AvgIpc) is 3.09. The molecule has 0 bridgehead atoms. The molecule has 1 unspecified atom stereocenters. The quantitative estimate of drug-likeness (QED) is 0.850. The second kappa shape index (κ2) is 6.11. The summed E-state index contributed by atoms with van der Waals surface area (Å²) in [4.78, 5) is 17.3.